The van der Waals surface area contributed by atoms with Gasteiger partial charge in [0.1, 0.15) is 12.3 Å². The van der Waals surface area contributed by atoms with Crippen LogP contribution < -0.4 is 10.4 Å². The molecule has 0 aliphatic carbocycles. The molecule has 9 nitrogen and oxygen atoms in total. The monoisotopic (exact) mass is 344 g/mol. The molecule has 2 heterocycles. The fourth-order valence-electron chi connectivity index (χ4n) is 2.87. The molecule has 10 heteroatoms. The Balaban J connectivity index is 1.68. The zero-order chi connectivity index (χ0) is 18.0. The summed E-state index contributed by atoms with van der Waals surface area (Å²) in [5, 5.41) is 27.0. The quantitative estimate of drug-likeness (QED) is 0.616. The largest absolute Gasteiger partial charge is 0.535 e. The van der Waals surface area contributed by atoms with Crippen LogP contribution in [0.3, 0.4) is 0 Å². The maximum atomic E-state index is 12.2. The summed E-state index contributed by atoms with van der Waals surface area (Å²) in [6.45, 7) is 0.268. The van der Waals surface area contributed by atoms with E-state index in [1.165, 1.54) is 10.7 Å². The number of carbonyl (C=O) groups is 2. The van der Waals surface area contributed by atoms with E-state index in [1.54, 1.807) is 18.3 Å². The van der Waals surface area contributed by atoms with E-state index < -0.39 is 18.9 Å². The first-order chi connectivity index (χ1) is 12.0. The van der Waals surface area contributed by atoms with Crippen molar-refractivity contribution in [3.63, 3.8) is 0 Å². The standard InChI is InChI=1S/C15H17BN4O5/c17-6-11-7-20(19-18-11)8-12(21)5-10-4-9-2-1-3-13(15(22)23)14(9)25-16(10)24/h1-3,7,10,24H,4-6,8,17H2,(H,22,23)/t10-/m1/s1. The van der Waals surface area contributed by atoms with Crippen molar-refractivity contribution in [2.45, 2.75) is 31.7 Å². The number of ketones is 1. The molecule has 0 fully saturated rings. The minimum Gasteiger partial charge on any atom is -0.535 e. The maximum absolute atomic E-state index is 12.2. The Kier molecular flexibility index (Phi) is 4.82. The van der Waals surface area contributed by atoms with Crippen LogP contribution in [0, 0.1) is 0 Å². The molecule has 0 saturated heterocycles. The lowest BCUT2D eigenvalue weighted by molar-refractivity contribution is -0.120. The van der Waals surface area contributed by atoms with Crippen molar-refractivity contribution in [3.05, 3.63) is 41.2 Å². The highest BCUT2D eigenvalue weighted by Crippen LogP contribution is 2.36. The second-order valence-corrected chi connectivity index (χ2v) is 5.93. The molecule has 3 rings (SSSR count). The first kappa shape index (κ1) is 17.1. The van der Waals surface area contributed by atoms with Crippen LogP contribution in [0.25, 0.3) is 0 Å². The van der Waals surface area contributed by atoms with Crippen molar-refractivity contribution in [2.24, 2.45) is 5.73 Å². The van der Waals surface area contributed by atoms with Crippen LogP contribution in [-0.4, -0.2) is 44.0 Å². The molecule has 1 atom stereocenters. The summed E-state index contributed by atoms with van der Waals surface area (Å²) in [5.74, 6) is -1.56. The fourth-order valence-corrected chi connectivity index (χ4v) is 2.87. The number of aromatic nitrogens is 3. The van der Waals surface area contributed by atoms with E-state index >= 15 is 0 Å². The molecular formula is C15H17BN4O5. The van der Waals surface area contributed by atoms with Gasteiger partial charge in [-0.2, -0.15) is 0 Å². The average molecular weight is 344 g/mol. The Hall–Kier alpha value is -2.72. The minimum absolute atomic E-state index is 0.00161. The minimum atomic E-state index is -1.24. The molecule has 130 valence electrons. The van der Waals surface area contributed by atoms with Crippen LogP contribution in [0.4, 0.5) is 0 Å². The van der Waals surface area contributed by atoms with Gasteiger partial charge in [-0.3, -0.25) is 4.79 Å². The van der Waals surface area contributed by atoms with Gasteiger partial charge in [0.05, 0.1) is 17.5 Å². The second kappa shape index (κ2) is 7.03. The topological polar surface area (TPSA) is 141 Å². The summed E-state index contributed by atoms with van der Waals surface area (Å²) >= 11 is 0. The Labute approximate surface area is 143 Å². The van der Waals surface area contributed by atoms with Gasteiger partial charge in [0, 0.05) is 18.8 Å². The highest BCUT2D eigenvalue weighted by Gasteiger charge is 2.37. The summed E-state index contributed by atoms with van der Waals surface area (Å²) in [4.78, 5) is 23.5. The number of fused-ring (bicyclic) bond motifs is 1. The third-order valence-corrected chi connectivity index (χ3v) is 4.07. The van der Waals surface area contributed by atoms with Crippen molar-refractivity contribution in [3.8, 4) is 5.75 Å². The molecule has 1 aromatic carbocycles. The summed E-state index contributed by atoms with van der Waals surface area (Å²) in [6, 6.07) is 4.77. The van der Waals surface area contributed by atoms with E-state index in [9.17, 15) is 19.7 Å². The zero-order valence-corrected chi connectivity index (χ0v) is 13.3. The van der Waals surface area contributed by atoms with Crippen molar-refractivity contribution in [2.75, 3.05) is 0 Å². The molecule has 25 heavy (non-hydrogen) atoms. The van der Waals surface area contributed by atoms with Gasteiger partial charge >= 0.3 is 13.1 Å². The van der Waals surface area contributed by atoms with Gasteiger partial charge in [-0.05, 0) is 18.1 Å². The summed E-state index contributed by atoms with van der Waals surface area (Å²) in [6.07, 6.45) is 2.03. The number of carboxylic acid groups (broad SMARTS) is 1. The molecule has 1 aromatic heterocycles. The van der Waals surface area contributed by atoms with E-state index in [0.29, 0.717) is 17.7 Å². The number of aromatic carboxylic acids is 1. The van der Waals surface area contributed by atoms with Gasteiger partial charge in [0.15, 0.2) is 5.78 Å². The summed E-state index contributed by atoms with van der Waals surface area (Å²) in [5.41, 5.74) is 6.69. The van der Waals surface area contributed by atoms with Gasteiger partial charge in [-0.15, -0.1) is 5.10 Å². The summed E-state index contributed by atoms with van der Waals surface area (Å²) < 4.78 is 6.78. The Bertz CT molecular complexity index is 809. The van der Waals surface area contributed by atoms with E-state index in [2.05, 4.69) is 10.3 Å². The number of benzene rings is 1. The van der Waals surface area contributed by atoms with E-state index in [0.717, 1.165) is 0 Å². The molecular weight excluding hydrogens is 327 g/mol. The number of carbonyl (C=O) groups excluding carboxylic acids is 1. The molecule has 0 spiro atoms. The third-order valence-electron chi connectivity index (χ3n) is 4.07. The Morgan fingerprint density at radius 3 is 2.92 bits per heavy atom. The zero-order valence-electron chi connectivity index (χ0n) is 13.3. The van der Waals surface area contributed by atoms with Gasteiger partial charge in [-0.1, -0.05) is 17.3 Å². The highest BCUT2D eigenvalue weighted by molar-refractivity contribution is 6.47. The molecule has 1 aliphatic rings. The third kappa shape index (κ3) is 3.70. The number of hydrogen-bond acceptors (Lipinski definition) is 7. The van der Waals surface area contributed by atoms with E-state index in [4.69, 9.17) is 10.4 Å². The second-order valence-electron chi connectivity index (χ2n) is 5.93. The molecule has 2 aromatic rings. The van der Waals surface area contributed by atoms with Crippen molar-refractivity contribution in [1.82, 2.24) is 15.0 Å². The first-order valence-electron chi connectivity index (χ1n) is 7.78. The average Bonchev–Trinajstić information content (AvgIpc) is 3.02. The van der Waals surface area contributed by atoms with Gasteiger partial charge in [0.25, 0.3) is 0 Å². The molecule has 0 unspecified atom stereocenters. The lowest BCUT2D eigenvalue weighted by Gasteiger charge is -2.27. The van der Waals surface area contributed by atoms with Crippen molar-refractivity contribution in [1.29, 1.82) is 0 Å². The highest BCUT2D eigenvalue weighted by atomic mass is 16.5. The number of carboxylic acids is 1. The van der Waals surface area contributed by atoms with Crippen LogP contribution >= 0.6 is 0 Å². The molecule has 4 N–H and O–H groups in total. The molecule has 0 amide bonds. The molecule has 0 radical (unpaired) electrons. The van der Waals surface area contributed by atoms with E-state index in [-0.39, 0.29) is 36.6 Å². The Morgan fingerprint density at radius 2 is 2.24 bits per heavy atom. The van der Waals surface area contributed by atoms with E-state index in [1.807, 2.05) is 0 Å². The van der Waals surface area contributed by atoms with Gasteiger partial charge in [-0.25, -0.2) is 9.48 Å². The van der Waals surface area contributed by atoms with Crippen LogP contribution in [0.15, 0.2) is 24.4 Å². The predicted molar refractivity (Wildman–Crippen MR) is 87.0 cm³/mol. The maximum Gasteiger partial charge on any atom is 0.526 e. The smallest absolute Gasteiger partial charge is 0.526 e. The van der Waals surface area contributed by atoms with Crippen LogP contribution in [0.2, 0.25) is 5.82 Å². The number of nitrogens with two attached hydrogens (primary N) is 1. The Morgan fingerprint density at radius 1 is 1.44 bits per heavy atom. The fraction of sp³-hybridized carbons (Fsp3) is 0.333. The lowest BCUT2D eigenvalue weighted by atomic mass is 9.64. The lowest BCUT2D eigenvalue weighted by Crippen LogP contribution is -2.36. The van der Waals surface area contributed by atoms with Gasteiger partial charge in [0.2, 0.25) is 0 Å². The summed E-state index contributed by atoms with van der Waals surface area (Å²) in [7, 11) is -1.24. The van der Waals surface area contributed by atoms with Crippen molar-refractivity contribution >= 4 is 18.9 Å². The van der Waals surface area contributed by atoms with Crippen LogP contribution in [0.5, 0.6) is 5.75 Å². The predicted octanol–water partition coefficient (Wildman–Crippen LogP) is -0.120. The normalized spacial score (nSPS) is 16.2. The molecule has 0 saturated carbocycles. The number of Topliss-reactive ketones (excluding diaryl/α,β-unsaturated/α-hetero) is 1. The number of rotatable bonds is 6. The number of para-hydroxylation sites is 1. The molecule has 0 bridgehead atoms. The van der Waals surface area contributed by atoms with Gasteiger partial charge < -0.3 is 20.5 Å². The van der Waals surface area contributed by atoms with Crippen molar-refractivity contribution < 1.29 is 24.4 Å². The number of hydrogen-bond donors (Lipinski definition) is 3. The first-order valence-corrected chi connectivity index (χ1v) is 7.78. The molecule has 1 aliphatic heterocycles. The SMILES string of the molecule is NCc1cn(CC(=O)C[C@H]2Cc3cccc(C(=O)O)c3OB2O)nn1. The van der Waals surface area contributed by atoms with Crippen LogP contribution in [-0.2, 0) is 24.3 Å². The number of nitrogens with zero attached hydrogens (tertiary/aromatic N) is 3. The van der Waals surface area contributed by atoms with Crippen LogP contribution in [0.1, 0.15) is 28.0 Å².